The lowest BCUT2D eigenvalue weighted by Crippen LogP contribution is -2.21. The van der Waals surface area contributed by atoms with E-state index in [1.165, 1.54) is 24.3 Å². The third-order valence-corrected chi connectivity index (χ3v) is 5.53. The Kier molecular flexibility index (Phi) is 4.68. The average Bonchev–Trinajstić information content (AvgIpc) is 3.36. The van der Waals surface area contributed by atoms with Gasteiger partial charge in [-0.25, -0.2) is 9.18 Å². The first kappa shape index (κ1) is 20.4. The Labute approximate surface area is 187 Å². The van der Waals surface area contributed by atoms with Gasteiger partial charge in [0.15, 0.2) is 0 Å². The van der Waals surface area contributed by atoms with E-state index in [4.69, 9.17) is 24.0 Å². The van der Waals surface area contributed by atoms with Crippen molar-refractivity contribution in [1.29, 1.82) is 5.26 Å². The number of benzene rings is 2. The van der Waals surface area contributed by atoms with Crippen molar-refractivity contribution in [3.05, 3.63) is 94.2 Å². The molecule has 1 atom stereocenters. The van der Waals surface area contributed by atoms with E-state index in [2.05, 4.69) is 6.07 Å². The van der Waals surface area contributed by atoms with Gasteiger partial charge >= 0.3 is 5.97 Å². The number of nitriles is 1. The molecule has 1 unspecified atom stereocenters. The summed E-state index contributed by atoms with van der Waals surface area (Å²) >= 11 is 0. The third-order valence-electron chi connectivity index (χ3n) is 5.53. The average molecular weight is 444 g/mol. The van der Waals surface area contributed by atoms with E-state index >= 15 is 0 Å². The Hall–Kier alpha value is -4.51. The molecule has 0 aliphatic carbocycles. The van der Waals surface area contributed by atoms with Gasteiger partial charge in [0.1, 0.15) is 46.1 Å². The number of rotatable bonds is 3. The molecule has 2 aromatic carbocycles. The lowest BCUT2D eigenvalue weighted by molar-refractivity contribution is 0.0702. The number of halogens is 1. The number of furan rings is 2. The minimum atomic E-state index is -0.737. The first-order valence-electron chi connectivity index (χ1n) is 10.0. The molecule has 0 amide bonds. The van der Waals surface area contributed by atoms with Gasteiger partial charge in [-0.2, -0.15) is 5.26 Å². The van der Waals surface area contributed by atoms with Gasteiger partial charge in [0.2, 0.25) is 11.6 Å². The molecule has 0 saturated carbocycles. The molecule has 0 fully saturated rings. The molecule has 1 aliphatic rings. The minimum Gasteiger partial charge on any atom is -0.465 e. The maximum absolute atomic E-state index is 13.6. The molecule has 2 N–H and O–H groups in total. The van der Waals surface area contributed by atoms with Crippen LogP contribution in [-0.2, 0) is 0 Å². The summed E-state index contributed by atoms with van der Waals surface area (Å²) in [7, 11) is 0. The van der Waals surface area contributed by atoms with Crippen LogP contribution < -0.4 is 15.2 Å². The molecule has 1 aliphatic heterocycles. The predicted molar refractivity (Wildman–Crippen MR) is 115 cm³/mol. The van der Waals surface area contributed by atoms with Crippen LogP contribution in [0.25, 0.3) is 11.0 Å². The number of nitrogens with zero attached hydrogens (tertiary/aromatic N) is 1. The summed E-state index contributed by atoms with van der Waals surface area (Å²) in [6.45, 7) is 3.46. The Morgan fingerprint density at radius 1 is 1.12 bits per heavy atom. The van der Waals surface area contributed by atoms with Crippen LogP contribution in [-0.4, -0.2) is 5.97 Å². The standard InChI is InChI=1S/C25H17FN2O5/c1-12-3-7-20(30-12)22-16-6-5-15(10-21(16)33-24(28)18(22)11-27)31-25(29)23-13(2)17-9-14(26)4-8-19(17)32-23/h3-10,22H,28H2,1-2H3. The van der Waals surface area contributed by atoms with Crippen LogP contribution in [0, 0.1) is 31.0 Å². The van der Waals surface area contributed by atoms with E-state index in [0.29, 0.717) is 39.4 Å². The van der Waals surface area contributed by atoms with Gasteiger partial charge in [0, 0.05) is 22.6 Å². The fraction of sp³-hybridized carbons (Fsp3) is 0.120. The van der Waals surface area contributed by atoms with Crippen LogP contribution in [0.15, 0.2) is 68.8 Å². The normalized spacial score (nSPS) is 15.2. The second-order valence-electron chi connectivity index (χ2n) is 7.66. The lowest BCUT2D eigenvalue weighted by atomic mass is 9.87. The van der Waals surface area contributed by atoms with Crippen molar-refractivity contribution < 1.29 is 27.5 Å². The number of fused-ring (bicyclic) bond motifs is 2. The Morgan fingerprint density at radius 2 is 1.94 bits per heavy atom. The molecule has 5 rings (SSSR count). The monoisotopic (exact) mass is 444 g/mol. The molecule has 4 aromatic rings. The number of carbonyl (C=O) groups excluding carboxylic acids is 1. The van der Waals surface area contributed by atoms with Crippen LogP contribution in [0.3, 0.4) is 0 Å². The number of hydrogen-bond donors (Lipinski definition) is 1. The first-order chi connectivity index (χ1) is 15.9. The molecule has 33 heavy (non-hydrogen) atoms. The quantitative estimate of drug-likeness (QED) is 0.341. The highest BCUT2D eigenvalue weighted by Crippen LogP contribution is 2.44. The van der Waals surface area contributed by atoms with Gasteiger partial charge in [-0.05, 0) is 50.2 Å². The molecule has 0 bridgehead atoms. The van der Waals surface area contributed by atoms with Gasteiger partial charge in [-0.15, -0.1) is 0 Å². The van der Waals surface area contributed by atoms with Crippen LogP contribution in [0.2, 0.25) is 0 Å². The highest BCUT2D eigenvalue weighted by molar-refractivity contribution is 5.96. The number of nitrogens with two attached hydrogens (primary N) is 1. The summed E-state index contributed by atoms with van der Waals surface area (Å²) in [6.07, 6.45) is 0. The van der Waals surface area contributed by atoms with Crippen molar-refractivity contribution in [2.45, 2.75) is 19.8 Å². The van der Waals surface area contributed by atoms with Gasteiger partial charge in [-0.1, -0.05) is 6.07 Å². The third kappa shape index (κ3) is 3.40. The summed E-state index contributed by atoms with van der Waals surface area (Å²) in [5.41, 5.74) is 7.73. The topological polar surface area (TPSA) is 112 Å². The van der Waals surface area contributed by atoms with Gasteiger partial charge in [-0.3, -0.25) is 0 Å². The van der Waals surface area contributed by atoms with Gasteiger partial charge in [0.05, 0.1) is 5.92 Å². The fourth-order valence-corrected chi connectivity index (χ4v) is 3.94. The molecule has 3 heterocycles. The molecule has 0 saturated heterocycles. The van der Waals surface area contributed by atoms with Crippen molar-refractivity contribution in [1.82, 2.24) is 0 Å². The summed E-state index contributed by atoms with van der Waals surface area (Å²) < 4.78 is 36.0. The van der Waals surface area contributed by atoms with E-state index in [9.17, 15) is 14.4 Å². The zero-order chi connectivity index (χ0) is 23.3. The summed E-state index contributed by atoms with van der Waals surface area (Å²) in [5.74, 6) is -0.0310. The molecular weight excluding hydrogens is 427 g/mol. The van der Waals surface area contributed by atoms with E-state index in [0.717, 1.165) is 0 Å². The number of hydrogen-bond acceptors (Lipinski definition) is 7. The van der Waals surface area contributed by atoms with Crippen LogP contribution in [0.1, 0.15) is 39.1 Å². The van der Waals surface area contributed by atoms with Crippen LogP contribution in [0.5, 0.6) is 11.5 Å². The number of ether oxygens (including phenoxy) is 2. The number of aryl methyl sites for hydroxylation is 2. The zero-order valence-electron chi connectivity index (χ0n) is 17.6. The van der Waals surface area contributed by atoms with Crippen molar-refractivity contribution in [3.8, 4) is 17.6 Å². The van der Waals surface area contributed by atoms with E-state index in [1.807, 2.05) is 0 Å². The summed E-state index contributed by atoms with van der Waals surface area (Å²) in [4.78, 5) is 12.8. The van der Waals surface area contributed by atoms with Gasteiger partial charge < -0.3 is 24.0 Å². The van der Waals surface area contributed by atoms with Crippen molar-refractivity contribution >= 4 is 16.9 Å². The van der Waals surface area contributed by atoms with Gasteiger partial charge in [0.25, 0.3) is 0 Å². The Morgan fingerprint density at radius 3 is 2.67 bits per heavy atom. The van der Waals surface area contributed by atoms with Crippen molar-refractivity contribution in [2.24, 2.45) is 5.73 Å². The lowest BCUT2D eigenvalue weighted by Gasteiger charge is -2.25. The van der Waals surface area contributed by atoms with E-state index in [-0.39, 0.29) is 23.0 Å². The predicted octanol–water partition coefficient (Wildman–Crippen LogP) is 5.22. The second-order valence-corrected chi connectivity index (χ2v) is 7.66. The maximum atomic E-state index is 13.6. The molecule has 0 spiro atoms. The Bertz CT molecular complexity index is 1510. The van der Waals surface area contributed by atoms with E-state index in [1.54, 1.807) is 38.1 Å². The molecule has 164 valence electrons. The smallest absolute Gasteiger partial charge is 0.379 e. The number of esters is 1. The van der Waals surface area contributed by atoms with Crippen LogP contribution in [0.4, 0.5) is 4.39 Å². The van der Waals surface area contributed by atoms with Crippen molar-refractivity contribution in [3.63, 3.8) is 0 Å². The highest BCUT2D eigenvalue weighted by atomic mass is 19.1. The molecular formula is C25H17FN2O5. The SMILES string of the molecule is Cc1ccc(C2C(C#N)=C(N)Oc3cc(OC(=O)c4oc5ccc(F)cc5c4C)ccc32)o1. The number of carbonyl (C=O) groups is 1. The molecule has 7 nitrogen and oxygen atoms in total. The van der Waals surface area contributed by atoms with Crippen LogP contribution >= 0.6 is 0 Å². The summed E-state index contributed by atoms with van der Waals surface area (Å²) in [5, 5.41) is 10.1. The second kappa shape index (κ2) is 7.57. The van der Waals surface area contributed by atoms with Crippen molar-refractivity contribution in [2.75, 3.05) is 0 Å². The fourth-order valence-electron chi connectivity index (χ4n) is 3.94. The number of allylic oxidation sites excluding steroid dienone is 1. The molecule has 8 heteroatoms. The van der Waals surface area contributed by atoms with E-state index < -0.39 is 17.7 Å². The minimum absolute atomic E-state index is 0.0237. The largest absolute Gasteiger partial charge is 0.465 e. The summed E-state index contributed by atoms with van der Waals surface area (Å²) in [6, 6.07) is 14.5. The Balaban J connectivity index is 1.49. The highest BCUT2D eigenvalue weighted by Gasteiger charge is 2.33. The molecule has 2 aromatic heterocycles. The first-order valence-corrected chi connectivity index (χ1v) is 10.0. The molecule has 0 radical (unpaired) electrons. The maximum Gasteiger partial charge on any atom is 0.379 e. The zero-order valence-corrected chi connectivity index (χ0v) is 17.6.